The van der Waals surface area contributed by atoms with Crippen molar-refractivity contribution >= 4 is 11.7 Å². The number of benzene rings is 1. The minimum absolute atomic E-state index is 0.0885. The third-order valence-electron chi connectivity index (χ3n) is 2.67. The molecular weight excluding hydrogens is 246 g/mol. The molecule has 1 amide bonds. The van der Waals surface area contributed by atoms with Crippen molar-refractivity contribution < 1.29 is 19.4 Å². The van der Waals surface area contributed by atoms with Crippen LogP contribution in [0.2, 0.25) is 0 Å². The topological polar surface area (TPSA) is 75.6 Å². The average molecular weight is 265 g/mol. The predicted octanol–water partition coefficient (Wildman–Crippen LogP) is 1.16. The molecule has 1 aromatic carbocycles. The van der Waals surface area contributed by atoms with Gasteiger partial charge in [0, 0.05) is 24.4 Å². The molecule has 5 nitrogen and oxygen atoms in total. The van der Waals surface area contributed by atoms with Crippen LogP contribution in [-0.4, -0.2) is 36.6 Å². The fourth-order valence-corrected chi connectivity index (χ4v) is 1.54. The molecular formula is C14H19NO4. The number of Topliss-reactive ketones (excluding diaryl/α,β-unsaturated/α-hetero) is 1. The summed E-state index contributed by atoms with van der Waals surface area (Å²) in [6.07, 6.45) is 0.269. The number of aliphatic hydroxyl groups excluding tert-OH is 1. The van der Waals surface area contributed by atoms with Gasteiger partial charge in [-0.2, -0.15) is 0 Å². The number of carbonyl (C=O) groups excluding carboxylic acids is 2. The molecule has 0 spiro atoms. The SMILES string of the molecule is COc1ccc(C(=O)CCC(=O)NC(C)CO)cc1. The summed E-state index contributed by atoms with van der Waals surface area (Å²) in [5.41, 5.74) is 0.559. The molecule has 19 heavy (non-hydrogen) atoms. The van der Waals surface area contributed by atoms with Gasteiger partial charge in [-0.1, -0.05) is 0 Å². The molecule has 1 unspecified atom stereocenters. The molecule has 104 valence electrons. The Morgan fingerprint density at radius 3 is 2.42 bits per heavy atom. The van der Waals surface area contributed by atoms with E-state index >= 15 is 0 Å². The number of ether oxygens (including phenoxy) is 1. The fourth-order valence-electron chi connectivity index (χ4n) is 1.54. The van der Waals surface area contributed by atoms with Crippen molar-refractivity contribution in [3.05, 3.63) is 29.8 Å². The largest absolute Gasteiger partial charge is 0.497 e. The Balaban J connectivity index is 2.44. The monoisotopic (exact) mass is 265 g/mol. The summed E-state index contributed by atoms with van der Waals surface area (Å²) in [5, 5.41) is 11.4. The lowest BCUT2D eigenvalue weighted by Gasteiger charge is -2.10. The highest BCUT2D eigenvalue weighted by Gasteiger charge is 2.11. The molecule has 0 fully saturated rings. The van der Waals surface area contributed by atoms with E-state index in [2.05, 4.69) is 5.32 Å². The highest BCUT2D eigenvalue weighted by molar-refractivity contribution is 5.98. The van der Waals surface area contributed by atoms with E-state index < -0.39 is 0 Å². The molecule has 0 heterocycles. The highest BCUT2D eigenvalue weighted by atomic mass is 16.5. The predicted molar refractivity (Wildman–Crippen MR) is 71.2 cm³/mol. The van der Waals surface area contributed by atoms with E-state index in [-0.39, 0.29) is 37.2 Å². The van der Waals surface area contributed by atoms with Crippen LogP contribution in [0.1, 0.15) is 30.1 Å². The molecule has 0 aliphatic carbocycles. The van der Waals surface area contributed by atoms with Crippen molar-refractivity contribution in [2.24, 2.45) is 0 Å². The number of amides is 1. The number of carbonyl (C=O) groups is 2. The summed E-state index contributed by atoms with van der Waals surface area (Å²) in [6.45, 7) is 1.58. The molecule has 0 aromatic heterocycles. The van der Waals surface area contributed by atoms with Crippen LogP contribution < -0.4 is 10.1 Å². The van der Waals surface area contributed by atoms with Crippen molar-refractivity contribution in [3.63, 3.8) is 0 Å². The molecule has 1 atom stereocenters. The molecule has 0 aliphatic rings. The summed E-state index contributed by atoms with van der Waals surface area (Å²) < 4.78 is 5.00. The molecule has 0 saturated carbocycles. The van der Waals surface area contributed by atoms with Gasteiger partial charge in [-0.3, -0.25) is 9.59 Å². The Morgan fingerprint density at radius 1 is 1.26 bits per heavy atom. The van der Waals surface area contributed by atoms with E-state index in [1.54, 1.807) is 38.3 Å². The number of ketones is 1. The third-order valence-corrected chi connectivity index (χ3v) is 2.67. The lowest BCUT2D eigenvalue weighted by molar-refractivity contribution is -0.121. The normalized spacial score (nSPS) is 11.7. The van der Waals surface area contributed by atoms with E-state index in [0.717, 1.165) is 0 Å². The molecule has 5 heteroatoms. The molecule has 2 N–H and O–H groups in total. The maximum Gasteiger partial charge on any atom is 0.220 e. The summed E-state index contributed by atoms with van der Waals surface area (Å²) in [6, 6.07) is 6.48. The van der Waals surface area contributed by atoms with Crippen LogP contribution in [0.3, 0.4) is 0 Å². The second-order valence-corrected chi connectivity index (χ2v) is 4.30. The number of hydrogen-bond donors (Lipinski definition) is 2. The number of rotatable bonds is 7. The van der Waals surface area contributed by atoms with Gasteiger partial charge < -0.3 is 15.2 Å². The molecule has 0 aliphatic heterocycles. The van der Waals surface area contributed by atoms with E-state index in [0.29, 0.717) is 11.3 Å². The molecule has 1 aromatic rings. The van der Waals surface area contributed by atoms with E-state index in [4.69, 9.17) is 9.84 Å². The standard InChI is InChI=1S/C14H19NO4/c1-10(9-16)15-14(18)8-7-13(17)11-3-5-12(19-2)6-4-11/h3-6,10,16H,7-9H2,1-2H3,(H,15,18). The second-order valence-electron chi connectivity index (χ2n) is 4.30. The number of methoxy groups -OCH3 is 1. The first-order valence-corrected chi connectivity index (χ1v) is 6.14. The van der Waals surface area contributed by atoms with Gasteiger partial charge in [-0.15, -0.1) is 0 Å². The Labute approximate surface area is 112 Å². The lowest BCUT2D eigenvalue weighted by atomic mass is 10.1. The van der Waals surface area contributed by atoms with Gasteiger partial charge in [0.25, 0.3) is 0 Å². The van der Waals surface area contributed by atoms with Gasteiger partial charge in [-0.05, 0) is 31.2 Å². The summed E-state index contributed by atoms with van der Waals surface area (Å²) >= 11 is 0. The van der Waals surface area contributed by atoms with Crippen LogP contribution in [0, 0.1) is 0 Å². The van der Waals surface area contributed by atoms with E-state index in [1.165, 1.54) is 0 Å². The van der Waals surface area contributed by atoms with Crippen LogP contribution >= 0.6 is 0 Å². The van der Waals surface area contributed by atoms with Crippen LogP contribution in [-0.2, 0) is 4.79 Å². The Bertz CT molecular complexity index is 428. The van der Waals surface area contributed by atoms with Crippen LogP contribution in [0.4, 0.5) is 0 Å². The van der Waals surface area contributed by atoms with Gasteiger partial charge in [0.1, 0.15) is 5.75 Å². The van der Waals surface area contributed by atoms with Gasteiger partial charge in [0.05, 0.1) is 13.7 Å². The van der Waals surface area contributed by atoms with Gasteiger partial charge in [0.15, 0.2) is 5.78 Å². The maximum absolute atomic E-state index is 11.8. The van der Waals surface area contributed by atoms with Crippen molar-refractivity contribution in [1.29, 1.82) is 0 Å². The minimum atomic E-state index is -0.288. The first-order chi connectivity index (χ1) is 9.06. The van der Waals surface area contributed by atoms with Gasteiger partial charge in [-0.25, -0.2) is 0 Å². The first kappa shape index (κ1) is 15.2. The number of aliphatic hydroxyl groups is 1. The van der Waals surface area contributed by atoms with Gasteiger partial charge >= 0.3 is 0 Å². The molecule has 1 rings (SSSR count). The molecule has 0 radical (unpaired) electrons. The van der Waals surface area contributed by atoms with Crippen LogP contribution in [0.5, 0.6) is 5.75 Å². The Hall–Kier alpha value is -1.88. The van der Waals surface area contributed by atoms with Crippen molar-refractivity contribution in [1.82, 2.24) is 5.32 Å². The average Bonchev–Trinajstić information content (AvgIpc) is 2.44. The smallest absolute Gasteiger partial charge is 0.220 e. The number of hydrogen-bond acceptors (Lipinski definition) is 4. The van der Waals surface area contributed by atoms with E-state index in [1.807, 2.05) is 0 Å². The summed E-state index contributed by atoms with van der Waals surface area (Å²) in [5.74, 6) is 0.365. The Kier molecular flexibility index (Phi) is 6.02. The summed E-state index contributed by atoms with van der Waals surface area (Å²) in [4.78, 5) is 23.3. The maximum atomic E-state index is 11.8. The lowest BCUT2D eigenvalue weighted by Crippen LogP contribution is -2.35. The van der Waals surface area contributed by atoms with Crippen molar-refractivity contribution in [3.8, 4) is 5.75 Å². The minimum Gasteiger partial charge on any atom is -0.497 e. The highest BCUT2D eigenvalue weighted by Crippen LogP contribution is 2.13. The van der Waals surface area contributed by atoms with Gasteiger partial charge in [0.2, 0.25) is 5.91 Å². The Morgan fingerprint density at radius 2 is 1.89 bits per heavy atom. The van der Waals surface area contributed by atoms with Crippen LogP contribution in [0.15, 0.2) is 24.3 Å². The van der Waals surface area contributed by atoms with Crippen molar-refractivity contribution in [2.75, 3.05) is 13.7 Å². The zero-order valence-electron chi connectivity index (χ0n) is 11.2. The number of nitrogens with one attached hydrogen (secondary N) is 1. The molecule has 0 bridgehead atoms. The zero-order chi connectivity index (χ0) is 14.3. The fraction of sp³-hybridized carbons (Fsp3) is 0.429. The first-order valence-electron chi connectivity index (χ1n) is 6.14. The molecule has 0 saturated heterocycles. The van der Waals surface area contributed by atoms with E-state index in [9.17, 15) is 9.59 Å². The summed E-state index contributed by atoms with van der Waals surface area (Å²) in [7, 11) is 1.56. The quantitative estimate of drug-likeness (QED) is 0.725. The van der Waals surface area contributed by atoms with Crippen molar-refractivity contribution in [2.45, 2.75) is 25.8 Å². The second kappa shape index (κ2) is 7.53. The third kappa shape index (κ3) is 5.09. The zero-order valence-corrected chi connectivity index (χ0v) is 11.2. The van der Waals surface area contributed by atoms with Crippen LogP contribution in [0.25, 0.3) is 0 Å².